The summed E-state index contributed by atoms with van der Waals surface area (Å²) in [5, 5.41) is 5.30. The number of imidazole rings is 1. The van der Waals surface area contributed by atoms with Gasteiger partial charge in [-0.2, -0.15) is 0 Å². The molecule has 98 valence electrons. The maximum Gasteiger partial charge on any atom is 0.321 e. The number of fused-ring (bicyclic) bond motifs is 3. The van der Waals surface area contributed by atoms with Crippen LogP contribution < -0.4 is 10.6 Å². The molecule has 1 atom stereocenters. The average Bonchev–Trinajstić information content (AvgIpc) is 2.66. The summed E-state index contributed by atoms with van der Waals surface area (Å²) in [4.78, 5) is 28.6. The maximum atomic E-state index is 12.6. The standard InChI is InChI=1S/C13H14N4O2/c1-7(2)9-11(18)10-12(16-13(19)15-9)14-8-5-3-4-6-17(8)10/h3-7,9H,1-2H3,(H2,15,16,19)/t9-/m0/s1. The van der Waals surface area contributed by atoms with Crippen molar-refractivity contribution in [3.05, 3.63) is 30.1 Å². The van der Waals surface area contributed by atoms with Gasteiger partial charge in [0.05, 0.1) is 6.04 Å². The summed E-state index contributed by atoms with van der Waals surface area (Å²) in [6.45, 7) is 3.80. The second kappa shape index (κ2) is 4.08. The van der Waals surface area contributed by atoms with Crippen molar-refractivity contribution in [3.63, 3.8) is 0 Å². The van der Waals surface area contributed by atoms with Gasteiger partial charge >= 0.3 is 6.03 Å². The second-order valence-electron chi connectivity index (χ2n) is 4.92. The molecule has 0 saturated heterocycles. The van der Waals surface area contributed by atoms with Crippen LogP contribution in [0.5, 0.6) is 0 Å². The van der Waals surface area contributed by atoms with Crippen molar-refractivity contribution in [1.29, 1.82) is 0 Å². The number of anilines is 1. The third kappa shape index (κ3) is 1.76. The van der Waals surface area contributed by atoms with E-state index in [1.54, 1.807) is 16.7 Å². The highest BCUT2D eigenvalue weighted by atomic mass is 16.2. The predicted molar refractivity (Wildman–Crippen MR) is 70.3 cm³/mol. The van der Waals surface area contributed by atoms with Crippen molar-refractivity contribution in [2.24, 2.45) is 5.92 Å². The topological polar surface area (TPSA) is 75.5 Å². The SMILES string of the molecule is CC(C)[C@@H]1NC(=O)Nc2nc3ccccn3c2C1=O. The van der Waals surface area contributed by atoms with Gasteiger partial charge in [-0.1, -0.05) is 19.9 Å². The molecule has 0 unspecified atom stereocenters. The minimum atomic E-state index is -0.540. The van der Waals surface area contributed by atoms with Crippen molar-refractivity contribution in [3.8, 4) is 0 Å². The molecule has 6 nitrogen and oxygen atoms in total. The number of pyridine rings is 1. The molecule has 19 heavy (non-hydrogen) atoms. The van der Waals surface area contributed by atoms with E-state index in [-0.39, 0.29) is 11.7 Å². The van der Waals surface area contributed by atoms with Crippen molar-refractivity contribution in [2.45, 2.75) is 19.9 Å². The molecule has 2 aromatic rings. The molecular weight excluding hydrogens is 244 g/mol. The first-order valence-electron chi connectivity index (χ1n) is 6.16. The lowest BCUT2D eigenvalue weighted by molar-refractivity contribution is 0.0920. The number of carbonyl (C=O) groups is 2. The van der Waals surface area contributed by atoms with E-state index in [1.807, 2.05) is 26.0 Å². The zero-order chi connectivity index (χ0) is 13.6. The van der Waals surface area contributed by atoms with Crippen LogP contribution in [0.15, 0.2) is 24.4 Å². The summed E-state index contributed by atoms with van der Waals surface area (Å²) in [6.07, 6.45) is 1.77. The molecular formula is C13H14N4O2. The predicted octanol–water partition coefficient (Wildman–Crippen LogP) is 1.68. The summed E-state index contributed by atoms with van der Waals surface area (Å²) in [7, 11) is 0. The molecule has 0 fully saturated rings. The number of aromatic nitrogens is 2. The van der Waals surface area contributed by atoms with Crippen LogP contribution in [0.4, 0.5) is 10.6 Å². The molecule has 3 heterocycles. The Hall–Kier alpha value is -2.37. The van der Waals surface area contributed by atoms with Gasteiger partial charge in [0, 0.05) is 6.20 Å². The third-order valence-corrected chi connectivity index (χ3v) is 3.23. The quantitative estimate of drug-likeness (QED) is 0.817. The van der Waals surface area contributed by atoms with Gasteiger partial charge in [0.25, 0.3) is 0 Å². The first-order valence-corrected chi connectivity index (χ1v) is 6.16. The Bertz CT molecular complexity index is 674. The molecule has 0 spiro atoms. The molecule has 0 aliphatic carbocycles. The highest BCUT2D eigenvalue weighted by molar-refractivity contribution is 6.10. The van der Waals surface area contributed by atoms with Gasteiger partial charge < -0.3 is 5.32 Å². The second-order valence-corrected chi connectivity index (χ2v) is 4.92. The Morgan fingerprint density at radius 2 is 2.11 bits per heavy atom. The largest absolute Gasteiger partial charge is 0.327 e. The molecule has 3 rings (SSSR count). The summed E-state index contributed by atoms with van der Waals surface area (Å²) in [5.41, 5.74) is 1.07. The number of nitrogens with one attached hydrogen (secondary N) is 2. The van der Waals surface area contributed by atoms with Gasteiger partial charge in [0.15, 0.2) is 5.82 Å². The number of rotatable bonds is 1. The molecule has 2 aromatic heterocycles. The number of carbonyl (C=O) groups excluding carboxylic acids is 2. The summed E-state index contributed by atoms with van der Waals surface area (Å²) in [6, 6.07) is 4.53. The van der Waals surface area contributed by atoms with Gasteiger partial charge in [0.2, 0.25) is 5.78 Å². The van der Waals surface area contributed by atoms with E-state index in [1.165, 1.54) is 0 Å². The lowest BCUT2D eigenvalue weighted by Crippen LogP contribution is -2.44. The Balaban J connectivity index is 2.23. The van der Waals surface area contributed by atoms with E-state index < -0.39 is 12.1 Å². The Kier molecular flexibility index (Phi) is 2.51. The average molecular weight is 258 g/mol. The Labute approximate surface area is 109 Å². The minimum absolute atomic E-state index is 0.0125. The highest BCUT2D eigenvalue weighted by Crippen LogP contribution is 2.23. The smallest absolute Gasteiger partial charge is 0.321 e. The number of amides is 2. The number of nitrogens with zero attached hydrogens (tertiary/aromatic N) is 2. The van der Waals surface area contributed by atoms with Crippen LogP contribution in [-0.4, -0.2) is 27.2 Å². The van der Waals surface area contributed by atoms with E-state index in [4.69, 9.17) is 0 Å². The fraction of sp³-hybridized carbons (Fsp3) is 0.308. The van der Waals surface area contributed by atoms with E-state index in [0.29, 0.717) is 17.2 Å². The Morgan fingerprint density at radius 1 is 1.32 bits per heavy atom. The molecule has 0 radical (unpaired) electrons. The molecule has 0 saturated carbocycles. The van der Waals surface area contributed by atoms with Gasteiger partial charge in [0.1, 0.15) is 11.3 Å². The normalized spacial score (nSPS) is 19.0. The number of ketones is 1. The van der Waals surface area contributed by atoms with E-state index in [9.17, 15) is 9.59 Å². The molecule has 0 aromatic carbocycles. The zero-order valence-electron chi connectivity index (χ0n) is 10.7. The van der Waals surface area contributed by atoms with Crippen LogP contribution in [-0.2, 0) is 0 Å². The molecule has 0 bridgehead atoms. The van der Waals surface area contributed by atoms with Crippen molar-refractivity contribution < 1.29 is 9.59 Å². The fourth-order valence-electron chi connectivity index (χ4n) is 2.29. The van der Waals surface area contributed by atoms with Crippen LogP contribution in [0, 0.1) is 5.92 Å². The summed E-state index contributed by atoms with van der Waals surface area (Å²) in [5.74, 6) is 0.206. The van der Waals surface area contributed by atoms with Crippen LogP contribution >= 0.6 is 0 Å². The number of hydrogen-bond donors (Lipinski definition) is 2. The first kappa shape index (κ1) is 11.7. The summed E-state index contributed by atoms with van der Waals surface area (Å²) >= 11 is 0. The monoisotopic (exact) mass is 258 g/mol. The highest BCUT2D eigenvalue weighted by Gasteiger charge is 2.33. The van der Waals surface area contributed by atoms with Crippen molar-refractivity contribution in [2.75, 3.05) is 5.32 Å². The van der Waals surface area contributed by atoms with Crippen molar-refractivity contribution >= 4 is 23.3 Å². The van der Waals surface area contributed by atoms with Gasteiger partial charge in [-0.15, -0.1) is 0 Å². The van der Waals surface area contributed by atoms with Crippen LogP contribution in [0.3, 0.4) is 0 Å². The number of Topliss-reactive ketones (excluding diaryl/α,β-unsaturated/α-hetero) is 1. The van der Waals surface area contributed by atoms with Gasteiger partial charge in [-0.25, -0.2) is 9.78 Å². The molecule has 1 aliphatic heterocycles. The number of hydrogen-bond acceptors (Lipinski definition) is 3. The third-order valence-electron chi connectivity index (χ3n) is 3.23. The maximum absolute atomic E-state index is 12.6. The molecule has 1 aliphatic rings. The molecule has 2 amide bonds. The molecule has 6 heteroatoms. The van der Waals surface area contributed by atoms with Crippen molar-refractivity contribution in [1.82, 2.24) is 14.7 Å². The van der Waals surface area contributed by atoms with E-state index >= 15 is 0 Å². The summed E-state index contributed by atoms with van der Waals surface area (Å²) < 4.78 is 1.71. The van der Waals surface area contributed by atoms with E-state index in [2.05, 4.69) is 15.6 Å². The van der Waals surface area contributed by atoms with E-state index in [0.717, 1.165) is 0 Å². The Morgan fingerprint density at radius 3 is 2.84 bits per heavy atom. The van der Waals surface area contributed by atoms with Crippen LogP contribution in [0.25, 0.3) is 5.65 Å². The van der Waals surface area contributed by atoms with Gasteiger partial charge in [-0.3, -0.25) is 14.5 Å². The van der Waals surface area contributed by atoms with Gasteiger partial charge in [-0.05, 0) is 18.1 Å². The lowest BCUT2D eigenvalue weighted by Gasteiger charge is -2.17. The fourth-order valence-corrected chi connectivity index (χ4v) is 2.29. The van der Waals surface area contributed by atoms with Crippen LogP contribution in [0.1, 0.15) is 24.3 Å². The first-order chi connectivity index (χ1) is 9.08. The lowest BCUT2D eigenvalue weighted by atomic mass is 9.98. The molecule has 2 N–H and O–H groups in total. The zero-order valence-corrected chi connectivity index (χ0v) is 10.7. The van der Waals surface area contributed by atoms with Crippen LogP contribution in [0.2, 0.25) is 0 Å². The number of urea groups is 1. The minimum Gasteiger partial charge on any atom is -0.327 e.